The first-order valence-electron chi connectivity index (χ1n) is 8.84. The number of amides is 1. The highest BCUT2D eigenvalue weighted by Gasteiger charge is 2.32. The van der Waals surface area contributed by atoms with Crippen LogP contribution < -0.4 is 5.32 Å². The second kappa shape index (κ2) is 8.29. The van der Waals surface area contributed by atoms with Gasteiger partial charge in [0, 0.05) is 24.7 Å². The maximum Gasteiger partial charge on any atom is 0.251 e. The van der Waals surface area contributed by atoms with Gasteiger partial charge in [0.1, 0.15) is 0 Å². The Morgan fingerprint density at radius 2 is 1.84 bits per heavy atom. The Morgan fingerprint density at radius 1 is 1.24 bits per heavy atom. The zero-order chi connectivity index (χ0) is 18.6. The molecule has 0 aromatic heterocycles. The van der Waals surface area contributed by atoms with Crippen LogP contribution in [0.5, 0.6) is 0 Å². The van der Waals surface area contributed by atoms with Gasteiger partial charge in [0.2, 0.25) is 10.0 Å². The highest BCUT2D eigenvalue weighted by molar-refractivity contribution is 7.89. The van der Waals surface area contributed by atoms with Crippen LogP contribution in [0.15, 0.2) is 29.2 Å². The maximum absolute atomic E-state index is 12.9. The minimum atomic E-state index is -3.65. The summed E-state index contributed by atoms with van der Waals surface area (Å²) in [6, 6.07) is 6.34. The molecular formula is C18H28N2O4S. The van der Waals surface area contributed by atoms with Crippen molar-refractivity contribution < 1.29 is 17.9 Å². The highest BCUT2D eigenvalue weighted by Crippen LogP contribution is 2.22. The number of morpholine rings is 1. The lowest BCUT2D eigenvalue weighted by Crippen LogP contribution is -2.48. The Kier molecular flexibility index (Phi) is 6.59. The highest BCUT2D eigenvalue weighted by atomic mass is 32.2. The molecule has 0 unspecified atom stereocenters. The summed E-state index contributed by atoms with van der Waals surface area (Å²) in [4.78, 5) is 12.5. The quantitative estimate of drug-likeness (QED) is 0.837. The molecule has 1 saturated heterocycles. The molecule has 2 rings (SSSR count). The van der Waals surface area contributed by atoms with E-state index < -0.39 is 10.0 Å². The van der Waals surface area contributed by atoms with Crippen molar-refractivity contribution in [3.8, 4) is 0 Å². The van der Waals surface area contributed by atoms with E-state index >= 15 is 0 Å². The van der Waals surface area contributed by atoms with Gasteiger partial charge in [0.05, 0.1) is 17.1 Å². The lowest BCUT2D eigenvalue weighted by molar-refractivity contribution is -0.0440. The molecule has 0 saturated carbocycles. The van der Waals surface area contributed by atoms with Crippen molar-refractivity contribution in [2.75, 3.05) is 13.1 Å². The van der Waals surface area contributed by atoms with Crippen LogP contribution in [0.2, 0.25) is 0 Å². The summed E-state index contributed by atoms with van der Waals surface area (Å²) in [6.07, 6.45) is 1.37. The predicted molar refractivity (Wildman–Crippen MR) is 97.0 cm³/mol. The van der Waals surface area contributed by atoms with Crippen molar-refractivity contribution in [1.82, 2.24) is 9.62 Å². The number of ether oxygens (including phenoxy) is 1. The summed E-state index contributed by atoms with van der Waals surface area (Å²) in [5.74, 6) is -0.241. The fraction of sp³-hybridized carbons (Fsp3) is 0.611. The molecule has 1 N–H and O–H groups in total. The van der Waals surface area contributed by atoms with E-state index in [4.69, 9.17) is 4.74 Å². The monoisotopic (exact) mass is 368 g/mol. The van der Waals surface area contributed by atoms with E-state index in [1.54, 1.807) is 12.1 Å². The smallest absolute Gasteiger partial charge is 0.251 e. The van der Waals surface area contributed by atoms with Crippen molar-refractivity contribution in [1.29, 1.82) is 0 Å². The van der Waals surface area contributed by atoms with Crippen LogP contribution in [0, 0.1) is 0 Å². The number of rotatable bonds is 6. The number of nitrogens with one attached hydrogen (secondary N) is 1. The molecule has 140 valence electrons. The molecule has 0 spiro atoms. The third kappa shape index (κ3) is 4.80. The first-order valence-corrected chi connectivity index (χ1v) is 10.3. The van der Waals surface area contributed by atoms with E-state index in [2.05, 4.69) is 5.32 Å². The number of hydrogen-bond acceptors (Lipinski definition) is 4. The topological polar surface area (TPSA) is 75.7 Å². The van der Waals surface area contributed by atoms with E-state index in [1.807, 2.05) is 27.7 Å². The molecule has 7 heteroatoms. The predicted octanol–water partition coefficient (Wildman–Crippen LogP) is 2.40. The van der Waals surface area contributed by atoms with Crippen LogP contribution >= 0.6 is 0 Å². The lowest BCUT2D eigenvalue weighted by Gasteiger charge is -2.34. The van der Waals surface area contributed by atoms with Gasteiger partial charge < -0.3 is 10.1 Å². The Hall–Kier alpha value is -1.44. The minimum Gasteiger partial charge on any atom is -0.373 e. The molecule has 25 heavy (non-hydrogen) atoms. The Labute approximate surface area is 150 Å². The first-order chi connectivity index (χ1) is 11.8. The van der Waals surface area contributed by atoms with Gasteiger partial charge in [0.15, 0.2) is 0 Å². The molecule has 0 bridgehead atoms. The summed E-state index contributed by atoms with van der Waals surface area (Å²) in [6.45, 7) is 8.37. The zero-order valence-electron chi connectivity index (χ0n) is 15.4. The van der Waals surface area contributed by atoms with Crippen LogP contribution in [0.4, 0.5) is 0 Å². The van der Waals surface area contributed by atoms with Gasteiger partial charge in [-0.15, -0.1) is 0 Å². The summed E-state index contributed by atoms with van der Waals surface area (Å²) in [7, 11) is -3.65. The van der Waals surface area contributed by atoms with Crippen molar-refractivity contribution in [3.63, 3.8) is 0 Å². The van der Waals surface area contributed by atoms with Gasteiger partial charge in [-0.3, -0.25) is 4.79 Å². The van der Waals surface area contributed by atoms with Gasteiger partial charge in [0.25, 0.3) is 5.91 Å². The number of sulfonamides is 1. The molecule has 1 aromatic rings. The van der Waals surface area contributed by atoms with Crippen molar-refractivity contribution in [2.24, 2.45) is 0 Å². The van der Waals surface area contributed by atoms with E-state index in [0.29, 0.717) is 18.7 Å². The third-order valence-electron chi connectivity index (χ3n) is 4.44. The molecule has 1 heterocycles. The first kappa shape index (κ1) is 19.9. The lowest BCUT2D eigenvalue weighted by atomic mass is 10.1. The SMILES string of the molecule is CCC(CC)NC(=O)c1cccc(S(=O)(=O)N2C[C@@H](C)O[C@H](C)C2)c1. The van der Waals surface area contributed by atoms with E-state index in [-0.39, 0.29) is 29.1 Å². The van der Waals surface area contributed by atoms with Crippen LogP contribution in [0.3, 0.4) is 0 Å². The zero-order valence-corrected chi connectivity index (χ0v) is 16.2. The number of carbonyl (C=O) groups is 1. The molecule has 1 aliphatic heterocycles. The van der Waals surface area contributed by atoms with Crippen LogP contribution in [-0.2, 0) is 14.8 Å². The fourth-order valence-electron chi connectivity index (χ4n) is 3.04. The third-order valence-corrected chi connectivity index (χ3v) is 6.27. The molecule has 1 aliphatic rings. The van der Waals surface area contributed by atoms with Crippen LogP contribution in [0.1, 0.15) is 50.9 Å². The van der Waals surface area contributed by atoms with Gasteiger partial charge >= 0.3 is 0 Å². The molecule has 0 aliphatic carbocycles. The summed E-state index contributed by atoms with van der Waals surface area (Å²) in [5.41, 5.74) is 0.363. The molecule has 1 amide bonds. The van der Waals surface area contributed by atoms with E-state index in [0.717, 1.165) is 12.8 Å². The fourth-order valence-corrected chi connectivity index (χ4v) is 4.67. The Morgan fingerprint density at radius 3 is 2.40 bits per heavy atom. The summed E-state index contributed by atoms with van der Waals surface area (Å²) < 4.78 is 32.9. The van der Waals surface area contributed by atoms with Gasteiger partial charge in [-0.1, -0.05) is 19.9 Å². The van der Waals surface area contributed by atoms with Crippen molar-refractivity contribution in [3.05, 3.63) is 29.8 Å². The second-order valence-corrected chi connectivity index (χ2v) is 8.53. The molecule has 6 nitrogen and oxygen atoms in total. The number of benzene rings is 1. The average molecular weight is 368 g/mol. The van der Waals surface area contributed by atoms with Crippen LogP contribution in [0.25, 0.3) is 0 Å². The van der Waals surface area contributed by atoms with Crippen molar-refractivity contribution >= 4 is 15.9 Å². The molecule has 2 atom stereocenters. The van der Waals surface area contributed by atoms with Crippen LogP contribution in [-0.4, -0.2) is 50.0 Å². The Balaban J connectivity index is 2.23. The van der Waals surface area contributed by atoms with E-state index in [9.17, 15) is 13.2 Å². The Bertz CT molecular complexity index is 691. The van der Waals surface area contributed by atoms with Crippen molar-refractivity contribution in [2.45, 2.75) is 63.7 Å². The summed E-state index contributed by atoms with van der Waals surface area (Å²) >= 11 is 0. The van der Waals surface area contributed by atoms with E-state index in [1.165, 1.54) is 16.4 Å². The normalized spacial score (nSPS) is 22.1. The molecular weight excluding hydrogens is 340 g/mol. The summed E-state index contributed by atoms with van der Waals surface area (Å²) in [5, 5.41) is 2.94. The van der Waals surface area contributed by atoms with Gasteiger partial charge in [-0.2, -0.15) is 4.31 Å². The van der Waals surface area contributed by atoms with Gasteiger partial charge in [-0.25, -0.2) is 8.42 Å². The second-order valence-electron chi connectivity index (χ2n) is 6.59. The molecule has 0 radical (unpaired) electrons. The molecule has 1 fully saturated rings. The standard InChI is InChI=1S/C18H28N2O4S/c1-5-16(6-2)19-18(21)15-8-7-9-17(10-15)25(22,23)20-11-13(3)24-14(4)12-20/h7-10,13-14,16H,5-6,11-12H2,1-4H3,(H,19,21)/t13-,14-/m1/s1. The number of hydrogen-bond donors (Lipinski definition) is 1. The number of nitrogens with zero attached hydrogens (tertiary/aromatic N) is 1. The van der Waals surface area contributed by atoms with Gasteiger partial charge in [-0.05, 0) is 44.9 Å². The molecule has 1 aromatic carbocycles. The maximum atomic E-state index is 12.9. The minimum absolute atomic E-state index is 0.0914. The largest absolute Gasteiger partial charge is 0.373 e. The average Bonchev–Trinajstić information content (AvgIpc) is 2.58. The number of carbonyl (C=O) groups excluding carboxylic acids is 1.